The average molecular weight is 235 g/mol. The molecule has 1 unspecified atom stereocenters. The SMILES string of the molecule is C#CCCCCNC(=O)C1CCCCC1(C)C. The fourth-order valence-electron chi connectivity index (χ4n) is 2.67. The predicted octanol–water partition coefficient (Wildman–Crippen LogP) is 3.12. The van der Waals surface area contributed by atoms with E-state index in [0.29, 0.717) is 0 Å². The van der Waals surface area contributed by atoms with E-state index in [9.17, 15) is 4.79 Å². The fraction of sp³-hybridized carbons (Fsp3) is 0.800. The van der Waals surface area contributed by atoms with Crippen molar-refractivity contribution in [2.75, 3.05) is 6.54 Å². The third-order valence-electron chi connectivity index (χ3n) is 3.87. The minimum absolute atomic E-state index is 0.168. The van der Waals surface area contributed by atoms with E-state index in [-0.39, 0.29) is 17.2 Å². The summed E-state index contributed by atoms with van der Waals surface area (Å²) in [5.74, 6) is 3.06. The summed E-state index contributed by atoms with van der Waals surface area (Å²) in [6.45, 7) is 5.20. The lowest BCUT2D eigenvalue weighted by atomic mass is 9.68. The van der Waals surface area contributed by atoms with E-state index in [2.05, 4.69) is 25.1 Å². The van der Waals surface area contributed by atoms with Crippen LogP contribution >= 0.6 is 0 Å². The van der Waals surface area contributed by atoms with Gasteiger partial charge in [-0.25, -0.2) is 0 Å². The van der Waals surface area contributed by atoms with Crippen LogP contribution in [-0.2, 0) is 4.79 Å². The predicted molar refractivity (Wildman–Crippen MR) is 71.4 cm³/mol. The second kappa shape index (κ2) is 6.69. The van der Waals surface area contributed by atoms with E-state index in [4.69, 9.17) is 6.42 Å². The lowest BCUT2D eigenvalue weighted by molar-refractivity contribution is -0.130. The van der Waals surface area contributed by atoms with Crippen LogP contribution in [0.3, 0.4) is 0 Å². The molecule has 0 spiro atoms. The van der Waals surface area contributed by atoms with Crippen LogP contribution in [0.2, 0.25) is 0 Å². The van der Waals surface area contributed by atoms with Crippen molar-refractivity contribution in [1.82, 2.24) is 5.32 Å². The number of carbonyl (C=O) groups excluding carboxylic acids is 1. The molecule has 1 atom stereocenters. The minimum Gasteiger partial charge on any atom is -0.356 e. The summed E-state index contributed by atoms with van der Waals surface area (Å²) >= 11 is 0. The van der Waals surface area contributed by atoms with Crippen LogP contribution in [0.1, 0.15) is 58.8 Å². The highest BCUT2D eigenvalue weighted by Gasteiger charge is 2.36. The van der Waals surface area contributed by atoms with Gasteiger partial charge in [0.15, 0.2) is 0 Å². The molecule has 0 radical (unpaired) electrons. The van der Waals surface area contributed by atoms with Gasteiger partial charge >= 0.3 is 0 Å². The van der Waals surface area contributed by atoms with Gasteiger partial charge in [0.25, 0.3) is 0 Å². The van der Waals surface area contributed by atoms with Gasteiger partial charge in [-0.2, -0.15) is 0 Å². The number of rotatable bonds is 5. The number of nitrogens with one attached hydrogen (secondary N) is 1. The van der Waals surface area contributed by atoms with Crippen LogP contribution in [0.4, 0.5) is 0 Å². The summed E-state index contributed by atoms with van der Waals surface area (Å²) in [6, 6.07) is 0. The Kier molecular flexibility index (Phi) is 5.55. The summed E-state index contributed by atoms with van der Waals surface area (Å²) < 4.78 is 0. The van der Waals surface area contributed by atoms with E-state index in [1.165, 1.54) is 19.3 Å². The molecule has 0 saturated heterocycles. The third-order valence-corrected chi connectivity index (χ3v) is 3.87. The van der Waals surface area contributed by atoms with E-state index in [0.717, 1.165) is 32.2 Å². The number of terminal acetylenes is 1. The molecule has 0 aliphatic heterocycles. The first kappa shape index (κ1) is 14.1. The molecular weight excluding hydrogens is 210 g/mol. The summed E-state index contributed by atoms with van der Waals surface area (Å²) in [6.07, 6.45) is 12.7. The maximum absolute atomic E-state index is 12.1. The molecule has 0 bridgehead atoms. The standard InChI is InChI=1S/C15H25NO/c1-4-5-6-9-12-16-14(17)13-10-7-8-11-15(13,2)3/h1,13H,5-12H2,2-3H3,(H,16,17). The Morgan fingerprint density at radius 1 is 1.41 bits per heavy atom. The van der Waals surface area contributed by atoms with E-state index >= 15 is 0 Å². The molecule has 0 aromatic carbocycles. The van der Waals surface area contributed by atoms with E-state index in [1.807, 2.05) is 0 Å². The molecule has 0 heterocycles. The van der Waals surface area contributed by atoms with Crippen molar-refractivity contribution in [3.63, 3.8) is 0 Å². The third kappa shape index (κ3) is 4.42. The van der Waals surface area contributed by atoms with Crippen molar-refractivity contribution in [3.8, 4) is 12.3 Å². The van der Waals surface area contributed by atoms with Crippen LogP contribution in [0.15, 0.2) is 0 Å². The number of hydrogen-bond acceptors (Lipinski definition) is 1. The van der Waals surface area contributed by atoms with Crippen molar-refractivity contribution in [3.05, 3.63) is 0 Å². The minimum atomic E-state index is 0.168. The van der Waals surface area contributed by atoms with Crippen molar-refractivity contribution in [2.24, 2.45) is 11.3 Å². The first-order valence-electron chi connectivity index (χ1n) is 6.79. The molecule has 1 amide bonds. The van der Waals surface area contributed by atoms with E-state index in [1.54, 1.807) is 0 Å². The maximum atomic E-state index is 12.1. The number of carbonyl (C=O) groups is 1. The van der Waals surface area contributed by atoms with Crippen LogP contribution in [0.5, 0.6) is 0 Å². The molecule has 1 saturated carbocycles. The Hall–Kier alpha value is -0.970. The van der Waals surface area contributed by atoms with Gasteiger partial charge in [-0.1, -0.05) is 26.7 Å². The summed E-state index contributed by atoms with van der Waals surface area (Å²) in [5.41, 5.74) is 0.168. The monoisotopic (exact) mass is 235 g/mol. The van der Waals surface area contributed by atoms with Gasteiger partial charge in [0.2, 0.25) is 5.91 Å². The zero-order valence-corrected chi connectivity index (χ0v) is 11.2. The van der Waals surface area contributed by atoms with Crippen LogP contribution in [0, 0.1) is 23.7 Å². The Morgan fingerprint density at radius 2 is 2.18 bits per heavy atom. The Bertz CT molecular complexity index is 288. The van der Waals surface area contributed by atoms with Crippen molar-refractivity contribution in [1.29, 1.82) is 0 Å². The zero-order chi connectivity index (χ0) is 12.7. The molecule has 2 nitrogen and oxygen atoms in total. The molecule has 1 fully saturated rings. The fourth-order valence-corrected chi connectivity index (χ4v) is 2.67. The van der Waals surface area contributed by atoms with Gasteiger partial charge in [0.1, 0.15) is 0 Å². The Balaban J connectivity index is 2.29. The van der Waals surface area contributed by atoms with Crippen LogP contribution < -0.4 is 5.32 Å². The smallest absolute Gasteiger partial charge is 0.223 e. The molecule has 0 aromatic rings. The number of unbranched alkanes of at least 4 members (excludes halogenated alkanes) is 2. The molecule has 17 heavy (non-hydrogen) atoms. The molecule has 1 rings (SSSR count). The average Bonchev–Trinajstić information content (AvgIpc) is 2.28. The molecule has 1 aliphatic carbocycles. The van der Waals surface area contributed by atoms with Gasteiger partial charge in [-0.3, -0.25) is 4.79 Å². The number of amides is 1. The Morgan fingerprint density at radius 3 is 2.82 bits per heavy atom. The maximum Gasteiger partial charge on any atom is 0.223 e. The molecule has 96 valence electrons. The molecular formula is C15H25NO. The second-order valence-electron chi connectivity index (χ2n) is 5.74. The zero-order valence-electron chi connectivity index (χ0n) is 11.2. The van der Waals surface area contributed by atoms with Gasteiger partial charge in [-0.15, -0.1) is 12.3 Å². The van der Waals surface area contributed by atoms with Crippen molar-refractivity contribution < 1.29 is 4.79 Å². The molecule has 1 N–H and O–H groups in total. The summed E-state index contributed by atoms with van der Waals surface area (Å²) in [4.78, 5) is 12.1. The van der Waals surface area contributed by atoms with Gasteiger partial charge in [-0.05, 0) is 31.1 Å². The lowest BCUT2D eigenvalue weighted by Crippen LogP contribution is -2.41. The highest BCUT2D eigenvalue weighted by atomic mass is 16.1. The van der Waals surface area contributed by atoms with Gasteiger partial charge in [0, 0.05) is 18.9 Å². The lowest BCUT2D eigenvalue weighted by Gasteiger charge is -2.37. The van der Waals surface area contributed by atoms with Gasteiger partial charge < -0.3 is 5.32 Å². The largest absolute Gasteiger partial charge is 0.356 e. The van der Waals surface area contributed by atoms with Crippen molar-refractivity contribution >= 4 is 5.91 Å². The highest BCUT2D eigenvalue weighted by molar-refractivity contribution is 5.79. The summed E-state index contributed by atoms with van der Waals surface area (Å²) in [7, 11) is 0. The first-order chi connectivity index (χ1) is 8.08. The molecule has 0 aromatic heterocycles. The molecule has 2 heteroatoms. The summed E-state index contributed by atoms with van der Waals surface area (Å²) in [5, 5.41) is 3.06. The van der Waals surface area contributed by atoms with Crippen LogP contribution in [-0.4, -0.2) is 12.5 Å². The number of hydrogen-bond donors (Lipinski definition) is 1. The topological polar surface area (TPSA) is 29.1 Å². The first-order valence-corrected chi connectivity index (χ1v) is 6.79. The second-order valence-corrected chi connectivity index (χ2v) is 5.74. The van der Waals surface area contributed by atoms with Crippen LogP contribution in [0.25, 0.3) is 0 Å². The quantitative estimate of drug-likeness (QED) is 0.575. The van der Waals surface area contributed by atoms with E-state index < -0.39 is 0 Å². The highest BCUT2D eigenvalue weighted by Crippen LogP contribution is 2.40. The van der Waals surface area contributed by atoms with Gasteiger partial charge in [0.05, 0.1) is 0 Å². The van der Waals surface area contributed by atoms with Crippen molar-refractivity contribution in [2.45, 2.75) is 58.8 Å². The normalized spacial score (nSPS) is 22.8. The Labute approximate surface area is 106 Å². The molecule has 1 aliphatic rings.